The number of likely N-dealkylation sites (tertiary alicyclic amines) is 1. The van der Waals surface area contributed by atoms with Gasteiger partial charge in [-0.05, 0) is 44.0 Å². The lowest BCUT2D eigenvalue weighted by Crippen LogP contribution is -2.46. The van der Waals surface area contributed by atoms with E-state index in [9.17, 15) is 9.90 Å². The minimum atomic E-state index is -0.547. The number of carbonyl (C=O) groups is 1. The zero-order valence-corrected chi connectivity index (χ0v) is 15.6. The molecule has 2 aliphatic heterocycles. The van der Waals surface area contributed by atoms with E-state index in [1.165, 1.54) is 0 Å². The number of para-hydroxylation sites is 2. The van der Waals surface area contributed by atoms with Gasteiger partial charge in [-0.2, -0.15) is 0 Å². The summed E-state index contributed by atoms with van der Waals surface area (Å²) in [6.07, 6.45) is 4.75. The third kappa shape index (κ3) is 3.70. The van der Waals surface area contributed by atoms with Gasteiger partial charge >= 0.3 is 0 Å². The number of anilines is 1. The molecule has 4 rings (SSSR count). The monoisotopic (exact) mass is 370 g/mol. The van der Waals surface area contributed by atoms with Gasteiger partial charge in [0.05, 0.1) is 18.8 Å². The first kappa shape index (κ1) is 18.0. The summed E-state index contributed by atoms with van der Waals surface area (Å²) in [5.41, 5.74) is 0.855. The van der Waals surface area contributed by atoms with E-state index in [1.54, 1.807) is 6.20 Å². The molecule has 7 heteroatoms. The van der Waals surface area contributed by atoms with Gasteiger partial charge in [-0.15, -0.1) is 0 Å². The quantitative estimate of drug-likeness (QED) is 0.885. The molecule has 0 saturated carbocycles. The van der Waals surface area contributed by atoms with E-state index in [1.807, 2.05) is 47.0 Å². The Morgan fingerprint density at radius 3 is 2.81 bits per heavy atom. The van der Waals surface area contributed by atoms with Gasteiger partial charge < -0.3 is 19.3 Å². The Hall–Kier alpha value is -2.38. The van der Waals surface area contributed by atoms with E-state index < -0.39 is 6.10 Å². The average molecular weight is 370 g/mol. The van der Waals surface area contributed by atoms with Crippen LogP contribution in [0, 0.1) is 5.92 Å². The van der Waals surface area contributed by atoms with Gasteiger partial charge in [0.1, 0.15) is 24.3 Å². The van der Waals surface area contributed by atoms with Crippen molar-refractivity contribution in [2.45, 2.75) is 18.9 Å². The molecule has 0 radical (unpaired) electrons. The van der Waals surface area contributed by atoms with E-state index in [0.29, 0.717) is 19.7 Å². The number of rotatable bonds is 4. The highest BCUT2D eigenvalue weighted by molar-refractivity contribution is 5.96. The molecular formula is C20H26N4O3. The number of fused-ring (bicyclic) bond motifs is 1. The number of hydrogen-bond donors (Lipinski definition) is 1. The lowest BCUT2D eigenvalue weighted by atomic mass is 9.90. The molecule has 7 nitrogen and oxygen atoms in total. The third-order valence-corrected chi connectivity index (χ3v) is 5.59. The highest BCUT2D eigenvalue weighted by Crippen LogP contribution is 2.32. The van der Waals surface area contributed by atoms with E-state index in [2.05, 4.69) is 9.88 Å². The molecule has 1 aromatic heterocycles. The Morgan fingerprint density at radius 1 is 1.30 bits per heavy atom. The first-order chi connectivity index (χ1) is 13.1. The smallest absolute Gasteiger partial charge is 0.241 e. The van der Waals surface area contributed by atoms with Crippen molar-refractivity contribution in [2.75, 3.05) is 37.7 Å². The summed E-state index contributed by atoms with van der Waals surface area (Å²) >= 11 is 0. The topological polar surface area (TPSA) is 70.8 Å². The lowest BCUT2D eigenvalue weighted by molar-refractivity contribution is -0.120. The highest BCUT2D eigenvalue weighted by Gasteiger charge is 2.30. The molecular weight excluding hydrogens is 344 g/mol. The van der Waals surface area contributed by atoms with E-state index >= 15 is 0 Å². The Morgan fingerprint density at radius 2 is 2.07 bits per heavy atom. The maximum atomic E-state index is 12.8. The van der Waals surface area contributed by atoms with Crippen molar-refractivity contribution >= 4 is 11.6 Å². The molecule has 1 amide bonds. The Balaban J connectivity index is 1.33. The average Bonchev–Trinajstić information content (AvgIpc) is 3.13. The van der Waals surface area contributed by atoms with Crippen LogP contribution in [0.1, 0.15) is 24.8 Å². The van der Waals surface area contributed by atoms with Gasteiger partial charge in [0.15, 0.2) is 0 Å². The molecule has 1 atom stereocenters. The van der Waals surface area contributed by atoms with Crippen LogP contribution in [-0.4, -0.2) is 58.3 Å². The van der Waals surface area contributed by atoms with Gasteiger partial charge in [-0.3, -0.25) is 9.69 Å². The van der Waals surface area contributed by atoms with Gasteiger partial charge in [-0.25, -0.2) is 4.98 Å². The van der Waals surface area contributed by atoms with Crippen molar-refractivity contribution in [3.63, 3.8) is 0 Å². The van der Waals surface area contributed by atoms with Crippen molar-refractivity contribution in [3.05, 3.63) is 42.5 Å². The fourth-order valence-electron chi connectivity index (χ4n) is 4.00. The summed E-state index contributed by atoms with van der Waals surface area (Å²) < 4.78 is 7.51. The zero-order chi connectivity index (χ0) is 18.8. The highest BCUT2D eigenvalue weighted by atomic mass is 16.5. The van der Waals surface area contributed by atoms with Crippen LogP contribution in [0.2, 0.25) is 0 Å². The molecule has 1 aromatic carbocycles. The van der Waals surface area contributed by atoms with E-state index in [4.69, 9.17) is 4.74 Å². The van der Waals surface area contributed by atoms with Crippen LogP contribution < -0.4 is 9.64 Å². The summed E-state index contributed by atoms with van der Waals surface area (Å²) in [5.74, 6) is 1.78. The number of aryl methyl sites for hydroxylation is 1. The van der Waals surface area contributed by atoms with Crippen LogP contribution in [0.5, 0.6) is 5.75 Å². The van der Waals surface area contributed by atoms with Gasteiger partial charge in [0.2, 0.25) is 5.91 Å². The largest absolute Gasteiger partial charge is 0.490 e. The van der Waals surface area contributed by atoms with Crippen molar-refractivity contribution in [2.24, 2.45) is 13.0 Å². The minimum absolute atomic E-state index is 0.105. The number of piperidine rings is 1. The number of nitrogens with zero attached hydrogens (tertiary/aromatic N) is 4. The first-order valence-electron chi connectivity index (χ1n) is 9.53. The number of ether oxygens (including phenoxy) is 1. The molecule has 27 heavy (non-hydrogen) atoms. The van der Waals surface area contributed by atoms with Crippen molar-refractivity contribution in [1.29, 1.82) is 0 Å². The normalized spacial score (nSPS) is 19.4. The molecule has 1 unspecified atom stereocenters. The van der Waals surface area contributed by atoms with Crippen LogP contribution in [0.4, 0.5) is 5.69 Å². The molecule has 1 fully saturated rings. The van der Waals surface area contributed by atoms with Crippen molar-refractivity contribution < 1.29 is 14.6 Å². The molecule has 1 N–H and O–H groups in total. The summed E-state index contributed by atoms with van der Waals surface area (Å²) in [5, 5.41) is 10.6. The molecule has 0 bridgehead atoms. The minimum Gasteiger partial charge on any atom is -0.490 e. The van der Waals surface area contributed by atoms with Gasteiger partial charge in [0.25, 0.3) is 0 Å². The molecule has 0 aliphatic carbocycles. The van der Waals surface area contributed by atoms with Crippen LogP contribution in [0.15, 0.2) is 36.7 Å². The van der Waals surface area contributed by atoms with Gasteiger partial charge in [-0.1, -0.05) is 12.1 Å². The summed E-state index contributed by atoms with van der Waals surface area (Å²) in [6, 6.07) is 7.68. The molecule has 0 spiro atoms. The Labute approximate surface area is 159 Å². The summed E-state index contributed by atoms with van der Waals surface area (Å²) in [4.78, 5) is 21.1. The molecule has 2 aliphatic rings. The van der Waals surface area contributed by atoms with Crippen molar-refractivity contribution in [1.82, 2.24) is 14.5 Å². The predicted octanol–water partition coefficient (Wildman–Crippen LogP) is 1.59. The SMILES string of the molecule is Cn1ccnc1C(O)C1CCN(CC(=O)N2CCOc3ccccc32)CC1. The Kier molecular flexibility index (Phi) is 5.13. The number of aromatic nitrogens is 2. The second kappa shape index (κ2) is 7.70. The molecule has 1 saturated heterocycles. The number of benzene rings is 1. The summed E-state index contributed by atoms with van der Waals surface area (Å²) in [6.45, 7) is 3.14. The standard InChI is InChI=1S/C20H26N4O3/c1-22-11-8-21-20(22)19(26)15-6-9-23(10-7-15)14-18(25)24-12-13-27-17-5-3-2-4-16(17)24/h2-5,8,11,15,19,26H,6-7,9-10,12-14H2,1H3. The Bertz CT molecular complexity index is 798. The number of hydrogen-bond acceptors (Lipinski definition) is 5. The molecule has 144 valence electrons. The van der Waals surface area contributed by atoms with Crippen LogP contribution in [-0.2, 0) is 11.8 Å². The van der Waals surface area contributed by atoms with Crippen molar-refractivity contribution in [3.8, 4) is 5.75 Å². The molecule has 3 heterocycles. The molecule has 2 aromatic rings. The lowest BCUT2D eigenvalue weighted by Gasteiger charge is -2.35. The number of amides is 1. The maximum absolute atomic E-state index is 12.8. The second-order valence-electron chi connectivity index (χ2n) is 7.32. The van der Waals surface area contributed by atoms with Crippen LogP contribution in [0.3, 0.4) is 0 Å². The van der Waals surface area contributed by atoms with Crippen LogP contribution >= 0.6 is 0 Å². The third-order valence-electron chi connectivity index (χ3n) is 5.59. The number of imidazole rings is 1. The predicted molar refractivity (Wildman–Crippen MR) is 102 cm³/mol. The number of aliphatic hydroxyl groups excluding tert-OH is 1. The second-order valence-corrected chi connectivity index (χ2v) is 7.32. The van der Waals surface area contributed by atoms with Crippen LogP contribution in [0.25, 0.3) is 0 Å². The van der Waals surface area contributed by atoms with E-state index in [0.717, 1.165) is 43.2 Å². The first-order valence-corrected chi connectivity index (χ1v) is 9.53. The van der Waals surface area contributed by atoms with Gasteiger partial charge in [0, 0.05) is 19.4 Å². The number of aliphatic hydroxyl groups is 1. The maximum Gasteiger partial charge on any atom is 0.241 e. The fraction of sp³-hybridized carbons (Fsp3) is 0.500. The van der Waals surface area contributed by atoms with E-state index in [-0.39, 0.29) is 11.8 Å². The fourth-order valence-corrected chi connectivity index (χ4v) is 4.00. The summed E-state index contributed by atoms with van der Waals surface area (Å²) in [7, 11) is 1.90. The number of carbonyl (C=O) groups excluding carboxylic acids is 1. The zero-order valence-electron chi connectivity index (χ0n) is 15.6.